The average molecular weight is 253 g/mol. The third-order valence-electron chi connectivity index (χ3n) is 4.60. The van der Waals surface area contributed by atoms with Crippen molar-refractivity contribution in [3.8, 4) is 0 Å². The lowest BCUT2D eigenvalue weighted by molar-refractivity contribution is -0.130. The molecule has 0 aromatic carbocycles. The van der Waals surface area contributed by atoms with Crippen molar-refractivity contribution >= 4 is 5.91 Å². The van der Waals surface area contributed by atoms with Gasteiger partial charge in [-0.05, 0) is 32.7 Å². The van der Waals surface area contributed by atoms with Gasteiger partial charge in [-0.2, -0.15) is 0 Å². The van der Waals surface area contributed by atoms with Crippen molar-refractivity contribution in [2.24, 2.45) is 5.92 Å². The maximum absolute atomic E-state index is 12.3. The second kappa shape index (κ2) is 5.57. The monoisotopic (exact) mass is 253 g/mol. The maximum atomic E-state index is 12.3. The molecular formula is C14H27N3O. The van der Waals surface area contributed by atoms with Crippen molar-refractivity contribution in [3.63, 3.8) is 0 Å². The molecule has 2 fully saturated rings. The Hall–Kier alpha value is -0.610. The van der Waals surface area contributed by atoms with Crippen molar-refractivity contribution in [1.82, 2.24) is 15.1 Å². The molecule has 0 radical (unpaired) electrons. The van der Waals surface area contributed by atoms with Gasteiger partial charge in [-0.1, -0.05) is 20.3 Å². The van der Waals surface area contributed by atoms with E-state index >= 15 is 0 Å². The van der Waals surface area contributed by atoms with E-state index in [1.165, 1.54) is 12.8 Å². The fourth-order valence-electron chi connectivity index (χ4n) is 2.69. The summed E-state index contributed by atoms with van der Waals surface area (Å²) in [6, 6.07) is 1.25. The van der Waals surface area contributed by atoms with E-state index < -0.39 is 0 Å². The predicted octanol–water partition coefficient (Wildman–Crippen LogP) is 1.27. The third kappa shape index (κ3) is 2.86. The van der Waals surface area contributed by atoms with E-state index in [0.29, 0.717) is 17.9 Å². The highest BCUT2D eigenvalue weighted by atomic mass is 16.2. The van der Waals surface area contributed by atoms with Gasteiger partial charge in [-0.15, -0.1) is 0 Å². The Bertz CT molecular complexity index is 303. The number of hydrogen-bond acceptors (Lipinski definition) is 3. The summed E-state index contributed by atoms with van der Waals surface area (Å²) in [7, 11) is 2.18. The van der Waals surface area contributed by atoms with Crippen LogP contribution in [0.3, 0.4) is 0 Å². The molecule has 2 aliphatic rings. The van der Waals surface area contributed by atoms with Crippen LogP contribution in [-0.4, -0.2) is 54.1 Å². The van der Waals surface area contributed by atoms with Gasteiger partial charge in [0.25, 0.3) is 0 Å². The van der Waals surface area contributed by atoms with E-state index in [9.17, 15) is 4.79 Å². The molecule has 1 aliphatic carbocycles. The normalized spacial score (nSPS) is 27.9. The number of carbonyl (C=O) groups excluding carboxylic acids is 1. The Morgan fingerprint density at radius 3 is 2.67 bits per heavy atom. The standard InChI is InChI=1S/C14H27N3O/c1-5-10(2)13-14(18)17(9-15-13)8-11(3)16(4)12-6-7-12/h10-13,15H,5-9H2,1-4H3. The minimum Gasteiger partial charge on any atom is -0.327 e. The van der Waals surface area contributed by atoms with Crippen LogP contribution in [0.15, 0.2) is 0 Å². The summed E-state index contributed by atoms with van der Waals surface area (Å²) < 4.78 is 0. The molecule has 2 rings (SSSR count). The zero-order valence-corrected chi connectivity index (χ0v) is 12.1. The Morgan fingerprint density at radius 1 is 1.44 bits per heavy atom. The highest BCUT2D eigenvalue weighted by molar-refractivity contribution is 5.84. The van der Waals surface area contributed by atoms with Crippen LogP contribution in [0.2, 0.25) is 0 Å². The number of nitrogens with zero attached hydrogens (tertiary/aromatic N) is 2. The van der Waals surface area contributed by atoms with Gasteiger partial charge < -0.3 is 4.90 Å². The van der Waals surface area contributed by atoms with Crippen molar-refractivity contribution < 1.29 is 4.79 Å². The van der Waals surface area contributed by atoms with E-state index in [2.05, 4.69) is 38.0 Å². The van der Waals surface area contributed by atoms with Gasteiger partial charge in [-0.3, -0.25) is 15.0 Å². The first-order valence-corrected chi connectivity index (χ1v) is 7.28. The van der Waals surface area contributed by atoms with E-state index in [4.69, 9.17) is 0 Å². The summed E-state index contributed by atoms with van der Waals surface area (Å²) in [5, 5.41) is 3.35. The lowest BCUT2D eigenvalue weighted by atomic mass is 9.99. The summed E-state index contributed by atoms with van der Waals surface area (Å²) in [6.07, 6.45) is 3.69. The fourth-order valence-corrected chi connectivity index (χ4v) is 2.69. The van der Waals surface area contributed by atoms with Crippen molar-refractivity contribution in [1.29, 1.82) is 0 Å². The highest BCUT2D eigenvalue weighted by Crippen LogP contribution is 2.27. The summed E-state index contributed by atoms with van der Waals surface area (Å²) in [4.78, 5) is 16.7. The number of carbonyl (C=O) groups is 1. The first kappa shape index (κ1) is 13.8. The van der Waals surface area contributed by atoms with Crippen LogP contribution in [-0.2, 0) is 4.79 Å². The maximum Gasteiger partial charge on any atom is 0.241 e. The van der Waals surface area contributed by atoms with Gasteiger partial charge in [0.15, 0.2) is 0 Å². The van der Waals surface area contributed by atoms with Gasteiger partial charge in [0, 0.05) is 18.6 Å². The molecule has 1 saturated carbocycles. The van der Waals surface area contributed by atoms with Crippen LogP contribution in [0.5, 0.6) is 0 Å². The molecule has 1 heterocycles. The Kier molecular flexibility index (Phi) is 4.28. The third-order valence-corrected chi connectivity index (χ3v) is 4.60. The van der Waals surface area contributed by atoms with Crippen molar-refractivity contribution in [2.45, 2.75) is 58.2 Å². The molecule has 3 unspecified atom stereocenters. The molecule has 0 spiro atoms. The molecule has 4 heteroatoms. The molecule has 3 atom stereocenters. The van der Waals surface area contributed by atoms with E-state index in [1.54, 1.807) is 0 Å². The molecule has 18 heavy (non-hydrogen) atoms. The number of likely N-dealkylation sites (N-methyl/N-ethyl adjacent to an activating group) is 1. The van der Waals surface area contributed by atoms with Gasteiger partial charge >= 0.3 is 0 Å². The molecule has 0 aromatic heterocycles. The fraction of sp³-hybridized carbons (Fsp3) is 0.929. The Morgan fingerprint density at radius 2 is 2.11 bits per heavy atom. The van der Waals surface area contributed by atoms with Crippen LogP contribution >= 0.6 is 0 Å². The lowest BCUT2D eigenvalue weighted by Gasteiger charge is -2.28. The Labute approximate surface area is 111 Å². The summed E-state index contributed by atoms with van der Waals surface area (Å²) in [5.41, 5.74) is 0. The minimum absolute atomic E-state index is 0.0356. The molecule has 104 valence electrons. The number of hydrogen-bond donors (Lipinski definition) is 1. The average Bonchev–Trinajstić information content (AvgIpc) is 3.14. The van der Waals surface area contributed by atoms with Gasteiger partial charge in [0.2, 0.25) is 5.91 Å². The molecule has 0 bridgehead atoms. The largest absolute Gasteiger partial charge is 0.327 e. The second-order valence-corrected chi connectivity index (χ2v) is 6.03. The van der Waals surface area contributed by atoms with Crippen LogP contribution in [0.1, 0.15) is 40.0 Å². The molecule has 4 nitrogen and oxygen atoms in total. The quantitative estimate of drug-likeness (QED) is 0.774. The molecule has 0 aromatic rings. The molecule has 1 aliphatic heterocycles. The smallest absolute Gasteiger partial charge is 0.241 e. The van der Waals surface area contributed by atoms with E-state index in [-0.39, 0.29) is 6.04 Å². The zero-order valence-electron chi connectivity index (χ0n) is 12.1. The van der Waals surface area contributed by atoms with Crippen LogP contribution < -0.4 is 5.32 Å². The highest BCUT2D eigenvalue weighted by Gasteiger charge is 2.36. The van der Waals surface area contributed by atoms with E-state index in [1.807, 2.05) is 4.90 Å². The number of rotatable bonds is 6. The molecule has 1 amide bonds. The minimum atomic E-state index is 0.0356. The van der Waals surface area contributed by atoms with Gasteiger partial charge in [-0.25, -0.2) is 0 Å². The molecular weight excluding hydrogens is 226 g/mol. The van der Waals surface area contributed by atoms with Crippen LogP contribution in [0.4, 0.5) is 0 Å². The second-order valence-electron chi connectivity index (χ2n) is 6.03. The van der Waals surface area contributed by atoms with Crippen molar-refractivity contribution in [3.05, 3.63) is 0 Å². The number of nitrogens with one attached hydrogen (secondary N) is 1. The Balaban J connectivity index is 1.85. The summed E-state index contributed by atoms with van der Waals surface area (Å²) >= 11 is 0. The van der Waals surface area contributed by atoms with Gasteiger partial charge in [0.1, 0.15) is 0 Å². The first-order valence-electron chi connectivity index (χ1n) is 7.28. The van der Waals surface area contributed by atoms with Gasteiger partial charge in [0.05, 0.1) is 12.7 Å². The lowest BCUT2D eigenvalue weighted by Crippen LogP contribution is -2.43. The SMILES string of the molecule is CCC(C)C1NCN(CC(C)N(C)C2CC2)C1=O. The van der Waals surface area contributed by atoms with E-state index in [0.717, 1.165) is 25.7 Å². The first-order chi connectivity index (χ1) is 8.54. The number of amides is 1. The molecule has 1 N–H and O–H groups in total. The topological polar surface area (TPSA) is 35.6 Å². The predicted molar refractivity (Wildman–Crippen MR) is 73.2 cm³/mol. The van der Waals surface area contributed by atoms with Crippen LogP contribution in [0.25, 0.3) is 0 Å². The summed E-state index contributed by atoms with van der Waals surface area (Å²) in [5.74, 6) is 0.722. The molecule has 1 saturated heterocycles. The summed E-state index contributed by atoms with van der Waals surface area (Å²) in [6.45, 7) is 8.09. The van der Waals surface area contributed by atoms with Crippen LogP contribution in [0, 0.1) is 5.92 Å². The zero-order chi connectivity index (χ0) is 13.3. The van der Waals surface area contributed by atoms with Crippen molar-refractivity contribution in [2.75, 3.05) is 20.3 Å².